The van der Waals surface area contributed by atoms with Gasteiger partial charge < -0.3 is 20.4 Å². The number of aromatic nitrogens is 2. The van der Waals surface area contributed by atoms with Gasteiger partial charge in [-0.05, 0) is 61.9 Å². The fourth-order valence-electron chi connectivity index (χ4n) is 4.06. The van der Waals surface area contributed by atoms with Gasteiger partial charge in [-0.15, -0.1) is 5.10 Å². The molecule has 154 valence electrons. The minimum Gasteiger partial charge on any atom is -0.371 e. The Hall–Kier alpha value is -2.83. The van der Waals surface area contributed by atoms with Crippen LogP contribution in [0.4, 0.5) is 22.0 Å². The summed E-state index contributed by atoms with van der Waals surface area (Å²) < 4.78 is 0. The summed E-state index contributed by atoms with van der Waals surface area (Å²) in [6, 6.07) is 12.3. The summed E-state index contributed by atoms with van der Waals surface area (Å²) in [5.74, 6) is 1.60. The molecule has 7 heteroatoms. The van der Waals surface area contributed by atoms with Gasteiger partial charge in [0.25, 0.3) is 0 Å². The first kappa shape index (κ1) is 19.5. The summed E-state index contributed by atoms with van der Waals surface area (Å²) in [4.78, 5) is 17.0. The van der Waals surface area contributed by atoms with Gasteiger partial charge in [-0.1, -0.05) is 13.0 Å². The lowest BCUT2D eigenvalue weighted by atomic mass is 9.99. The molecule has 2 N–H and O–H groups in total. The number of anilines is 3. The molecule has 2 saturated heterocycles. The van der Waals surface area contributed by atoms with Crippen LogP contribution in [0.1, 0.15) is 32.6 Å². The van der Waals surface area contributed by atoms with Gasteiger partial charge in [-0.25, -0.2) is 4.79 Å². The lowest BCUT2D eigenvalue weighted by Crippen LogP contribution is -2.44. The predicted octanol–water partition coefficient (Wildman–Crippen LogP) is 3.82. The van der Waals surface area contributed by atoms with Crippen LogP contribution in [0.25, 0.3) is 0 Å². The van der Waals surface area contributed by atoms with Crippen molar-refractivity contribution < 1.29 is 4.79 Å². The molecule has 4 rings (SSSR count). The summed E-state index contributed by atoms with van der Waals surface area (Å²) in [5.41, 5.74) is 2.06. The van der Waals surface area contributed by atoms with Crippen molar-refractivity contribution >= 4 is 23.2 Å². The number of hydrogen-bond donors (Lipinski definition) is 2. The van der Waals surface area contributed by atoms with Crippen LogP contribution in [0.5, 0.6) is 0 Å². The highest BCUT2D eigenvalue weighted by atomic mass is 16.2. The molecule has 0 aliphatic carbocycles. The molecule has 7 nitrogen and oxygen atoms in total. The van der Waals surface area contributed by atoms with Gasteiger partial charge in [-0.3, -0.25) is 0 Å². The fraction of sp³-hybridized carbons (Fsp3) is 0.500. The molecular weight excluding hydrogens is 364 g/mol. The number of amides is 2. The molecule has 0 saturated carbocycles. The van der Waals surface area contributed by atoms with Gasteiger partial charge in [0.15, 0.2) is 0 Å². The molecule has 0 spiro atoms. The average Bonchev–Trinajstić information content (AvgIpc) is 2.76. The molecule has 3 heterocycles. The molecule has 0 bridgehead atoms. The topological polar surface area (TPSA) is 73.4 Å². The van der Waals surface area contributed by atoms with Crippen molar-refractivity contribution in [3.8, 4) is 0 Å². The number of hydrogen-bond acceptors (Lipinski definition) is 5. The summed E-state index contributed by atoms with van der Waals surface area (Å²) >= 11 is 0. The van der Waals surface area contributed by atoms with Crippen LogP contribution in [-0.4, -0.2) is 53.3 Å². The van der Waals surface area contributed by atoms with Crippen LogP contribution >= 0.6 is 0 Å². The lowest BCUT2D eigenvalue weighted by Gasteiger charge is -2.33. The van der Waals surface area contributed by atoms with Gasteiger partial charge in [0.05, 0.1) is 0 Å². The standard InChI is InChI=1S/C22H30N6O/c1-17-7-12-27(13-8-17)20-5-2-4-19(16-20)25-22(29)28-14-9-18(10-15-28)24-21-6-3-11-23-26-21/h2-6,11,16-18H,7-10,12-15H2,1H3,(H,24,26)(H,25,29). The van der Waals surface area contributed by atoms with Crippen LogP contribution in [0, 0.1) is 5.92 Å². The van der Waals surface area contributed by atoms with Crippen molar-refractivity contribution in [3.05, 3.63) is 42.6 Å². The Labute approximate surface area is 172 Å². The van der Waals surface area contributed by atoms with Crippen molar-refractivity contribution in [3.63, 3.8) is 0 Å². The number of carbonyl (C=O) groups is 1. The molecule has 2 aliphatic rings. The molecule has 0 unspecified atom stereocenters. The highest BCUT2D eigenvalue weighted by molar-refractivity contribution is 5.90. The second-order valence-electron chi connectivity index (χ2n) is 8.16. The smallest absolute Gasteiger partial charge is 0.321 e. The predicted molar refractivity (Wildman–Crippen MR) is 116 cm³/mol. The summed E-state index contributed by atoms with van der Waals surface area (Å²) in [5, 5.41) is 14.5. The molecule has 2 fully saturated rings. The van der Waals surface area contributed by atoms with Crippen LogP contribution < -0.4 is 15.5 Å². The first-order valence-corrected chi connectivity index (χ1v) is 10.6. The van der Waals surface area contributed by atoms with E-state index in [0.717, 1.165) is 56.4 Å². The lowest BCUT2D eigenvalue weighted by molar-refractivity contribution is 0.197. The minimum atomic E-state index is -0.0210. The third-order valence-corrected chi connectivity index (χ3v) is 5.95. The summed E-state index contributed by atoms with van der Waals surface area (Å²) in [6.07, 6.45) is 5.92. The fourth-order valence-corrected chi connectivity index (χ4v) is 4.06. The van der Waals surface area contributed by atoms with Gasteiger partial charge in [-0.2, -0.15) is 5.10 Å². The van der Waals surface area contributed by atoms with E-state index in [-0.39, 0.29) is 6.03 Å². The molecule has 1 aromatic heterocycles. The molecule has 29 heavy (non-hydrogen) atoms. The molecule has 0 atom stereocenters. The molecule has 2 aliphatic heterocycles. The number of nitrogens with one attached hydrogen (secondary N) is 2. The van der Waals surface area contributed by atoms with Crippen LogP contribution in [0.2, 0.25) is 0 Å². The maximum atomic E-state index is 12.7. The number of piperidine rings is 2. The molecule has 2 amide bonds. The van der Waals surface area contributed by atoms with Crippen molar-refractivity contribution in [1.82, 2.24) is 15.1 Å². The maximum Gasteiger partial charge on any atom is 0.321 e. The second-order valence-corrected chi connectivity index (χ2v) is 8.16. The van der Waals surface area contributed by atoms with Gasteiger partial charge in [0.1, 0.15) is 5.82 Å². The minimum absolute atomic E-state index is 0.0210. The van der Waals surface area contributed by atoms with E-state index in [9.17, 15) is 4.79 Å². The van der Waals surface area contributed by atoms with Crippen LogP contribution in [0.15, 0.2) is 42.6 Å². The second kappa shape index (κ2) is 9.11. The van der Waals surface area contributed by atoms with E-state index in [0.29, 0.717) is 6.04 Å². The van der Waals surface area contributed by atoms with E-state index >= 15 is 0 Å². The Kier molecular flexibility index (Phi) is 6.12. The van der Waals surface area contributed by atoms with E-state index in [1.165, 1.54) is 18.5 Å². The zero-order valence-electron chi connectivity index (χ0n) is 17.1. The van der Waals surface area contributed by atoms with Crippen molar-refractivity contribution in [2.24, 2.45) is 5.92 Å². The number of likely N-dealkylation sites (tertiary alicyclic amines) is 1. The van der Waals surface area contributed by atoms with Crippen molar-refractivity contribution in [2.75, 3.05) is 41.7 Å². The quantitative estimate of drug-likeness (QED) is 0.825. The Morgan fingerprint density at radius 2 is 1.83 bits per heavy atom. The molecule has 0 radical (unpaired) electrons. The average molecular weight is 395 g/mol. The van der Waals surface area contributed by atoms with E-state index in [1.807, 2.05) is 29.2 Å². The number of urea groups is 1. The van der Waals surface area contributed by atoms with Crippen LogP contribution in [-0.2, 0) is 0 Å². The van der Waals surface area contributed by atoms with Crippen molar-refractivity contribution in [2.45, 2.75) is 38.6 Å². The van der Waals surface area contributed by atoms with Gasteiger partial charge in [0, 0.05) is 49.8 Å². The van der Waals surface area contributed by atoms with E-state index in [2.05, 4.69) is 44.8 Å². The van der Waals surface area contributed by atoms with Crippen molar-refractivity contribution in [1.29, 1.82) is 0 Å². The zero-order valence-corrected chi connectivity index (χ0v) is 17.1. The SMILES string of the molecule is CC1CCN(c2cccc(NC(=O)N3CCC(Nc4cccnn4)CC3)c2)CC1. The highest BCUT2D eigenvalue weighted by Gasteiger charge is 2.23. The van der Waals surface area contributed by atoms with E-state index < -0.39 is 0 Å². The van der Waals surface area contributed by atoms with E-state index in [4.69, 9.17) is 0 Å². The maximum absolute atomic E-state index is 12.7. The van der Waals surface area contributed by atoms with Gasteiger partial charge in [0.2, 0.25) is 0 Å². The van der Waals surface area contributed by atoms with E-state index in [1.54, 1.807) is 6.20 Å². The monoisotopic (exact) mass is 394 g/mol. The molecule has 1 aromatic carbocycles. The van der Waals surface area contributed by atoms with Crippen LogP contribution in [0.3, 0.4) is 0 Å². The highest BCUT2D eigenvalue weighted by Crippen LogP contribution is 2.25. The zero-order chi connectivity index (χ0) is 20.1. The Morgan fingerprint density at radius 3 is 2.55 bits per heavy atom. The normalized spacial score (nSPS) is 18.5. The number of benzene rings is 1. The molecular formula is C22H30N6O. The Balaban J connectivity index is 1.28. The number of rotatable bonds is 4. The first-order valence-electron chi connectivity index (χ1n) is 10.6. The summed E-state index contributed by atoms with van der Waals surface area (Å²) in [7, 11) is 0. The summed E-state index contributed by atoms with van der Waals surface area (Å²) in [6.45, 7) is 5.95. The molecule has 2 aromatic rings. The largest absolute Gasteiger partial charge is 0.371 e. The first-order chi connectivity index (χ1) is 14.2. The number of nitrogens with zero attached hydrogens (tertiary/aromatic N) is 4. The number of carbonyl (C=O) groups excluding carboxylic acids is 1. The third kappa shape index (κ3) is 5.16. The van der Waals surface area contributed by atoms with Gasteiger partial charge >= 0.3 is 6.03 Å². The Bertz CT molecular complexity index is 798. The Morgan fingerprint density at radius 1 is 1.03 bits per heavy atom. The third-order valence-electron chi connectivity index (χ3n) is 5.95.